The summed E-state index contributed by atoms with van der Waals surface area (Å²) in [5.41, 5.74) is 2.49. The van der Waals surface area contributed by atoms with E-state index in [9.17, 15) is 5.11 Å². The number of anilines is 1. The van der Waals surface area contributed by atoms with E-state index >= 15 is 0 Å². The lowest BCUT2D eigenvalue weighted by Gasteiger charge is -2.33. The first-order valence-corrected chi connectivity index (χ1v) is 7.86. The average Bonchev–Trinajstić information content (AvgIpc) is 2.40. The smallest absolute Gasteiger partial charge is 0.0574 e. The second-order valence-corrected chi connectivity index (χ2v) is 6.45. The minimum absolute atomic E-state index is 0.138. The number of aliphatic hydroxyl groups is 1. The molecule has 0 atom stereocenters. The zero-order valence-electron chi connectivity index (χ0n) is 12.4. The normalized spacial score (nSPS) is 16.9. The highest BCUT2D eigenvalue weighted by molar-refractivity contribution is 6.30. The van der Waals surface area contributed by atoms with E-state index in [0.717, 1.165) is 44.0 Å². The summed E-state index contributed by atoms with van der Waals surface area (Å²) < 4.78 is 0. The molecule has 2 N–H and O–H groups in total. The molecule has 4 heteroatoms. The summed E-state index contributed by atoms with van der Waals surface area (Å²) >= 11 is 6.13. The van der Waals surface area contributed by atoms with E-state index in [0.29, 0.717) is 5.92 Å². The van der Waals surface area contributed by atoms with Crippen LogP contribution in [-0.4, -0.2) is 30.8 Å². The van der Waals surface area contributed by atoms with Gasteiger partial charge in [-0.1, -0.05) is 25.4 Å². The maximum Gasteiger partial charge on any atom is 0.0574 e. The average molecular weight is 297 g/mol. The van der Waals surface area contributed by atoms with Crippen molar-refractivity contribution >= 4 is 17.3 Å². The van der Waals surface area contributed by atoms with E-state index < -0.39 is 0 Å². The van der Waals surface area contributed by atoms with Gasteiger partial charge < -0.3 is 15.3 Å². The van der Waals surface area contributed by atoms with Crippen molar-refractivity contribution < 1.29 is 5.11 Å². The zero-order chi connectivity index (χ0) is 14.5. The summed E-state index contributed by atoms with van der Waals surface area (Å²) in [6, 6.07) is 6.11. The van der Waals surface area contributed by atoms with Gasteiger partial charge in [0.15, 0.2) is 0 Å². The van der Waals surface area contributed by atoms with Crippen LogP contribution in [0.2, 0.25) is 5.02 Å². The number of halogens is 1. The van der Waals surface area contributed by atoms with E-state index in [1.807, 2.05) is 6.07 Å². The van der Waals surface area contributed by atoms with E-state index in [-0.39, 0.29) is 6.10 Å². The third-order valence-electron chi connectivity index (χ3n) is 3.71. The summed E-state index contributed by atoms with van der Waals surface area (Å²) in [6.07, 6.45) is 1.56. The van der Waals surface area contributed by atoms with Crippen molar-refractivity contribution in [2.75, 3.05) is 24.5 Å². The quantitative estimate of drug-likeness (QED) is 0.877. The lowest BCUT2D eigenvalue weighted by molar-refractivity contribution is 0.145. The summed E-state index contributed by atoms with van der Waals surface area (Å²) in [5.74, 6) is 0.641. The molecular weight excluding hydrogens is 272 g/mol. The van der Waals surface area contributed by atoms with E-state index in [2.05, 4.69) is 36.2 Å². The molecule has 0 saturated carbocycles. The molecular formula is C16H25ClN2O. The molecule has 1 aromatic rings. The van der Waals surface area contributed by atoms with Gasteiger partial charge in [0.25, 0.3) is 0 Å². The molecule has 1 aliphatic heterocycles. The minimum atomic E-state index is -0.138. The Bertz CT molecular complexity index is 428. The molecule has 20 heavy (non-hydrogen) atoms. The summed E-state index contributed by atoms with van der Waals surface area (Å²) in [7, 11) is 0. The number of nitrogens with one attached hydrogen (secondary N) is 1. The van der Waals surface area contributed by atoms with Crippen LogP contribution in [0.3, 0.4) is 0 Å². The summed E-state index contributed by atoms with van der Waals surface area (Å²) in [6.45, 7) is 8.09. The molecule has 1 heterocycles. The monoisotopic (exact) mass is 296 g/mol. The Kier molecular flexibility index (Phi) is 5.70. The number of benzene rings is 1. The highest BCUT2D eigenvalue weighted by atomic mass is 35.5. The molecule has 0 bridgehead atoms. The van der Waals surface area contributed by atoms with Gasteiger partial charge in [-0.05, 0) is 49.1 Å². The van der Waals surface area contributed by atoms with E-state index in [4.69, 9.17) is 11.6 Å². The van der Waals surface area contributed by atoms with Gasteiger partial charge in [-0.15, -0.1) is 0 Å². The highest BCUT2D eigenvalue weighted by Gasteiger charge is 2.19. The number of hydrogen-bond acceptors (Lipinski definition) is 3. The highest BCUT2D eigenvalue weighted by Crippen LogP contribution is 2.27. The Balaban J connectivity index is 2.07. The van der Waals surface area contributed by atoms with Crippen LogP contribution in [0.15, 0.2) is 18.2 Å². The van der Waals surface area contributed by atoms with Crippen LogP contribution >= 0.6 is 11.6 Å². The fourth-order valence-corrected chi connectivity index (χ4v) is 2.80. The van der Waals surface area contributed by atoms with Crippen LogP contribution < -0.4 is 10.2 Å². The van der Waals surface area contributed by atoms with Crippen LogP contribution in [0.25, 0.3) is 0 Å². The van der Waals surface area contributed by atoms with Crippen molar-refractivity contribution in [2.45, 2.75) is 39.3 Å². The molecule has 3 nitrogen and oxygen atoms in total. The lowest BCUT2D eigenvalue weighted by Crippen LogP contribution is -2.36. The molecule has 1 fully saturated rings. The van der Waals surface area contributed by atoms with Gasteiger partial charge >= 0.3 is 0 Å². The summed E-state index contributed by atoms with van der Waals surface area (Å²) in [5, 5.41) is 13.9. The Morgan fingerprint density at radius 3 is 2.70 bits per heavy atom. The standard InChI is InChI=1S/C16H25ClN2O/c1-12(2)10-18-11-13-9-14(17)3-4-16(13)19-7-5-15(20)6-8-19/h3-4,9,12,15,18,20H,5-8,10-11H2,1-2H3. The second-order valence-electron chi connectivity index (χ2n) is 6.02. The molecule has 1 aliphatic rings. The fourth-order valence-electron chi connectivity index (χ4n) is 2.61. The van der Waals surface area contributed by atoms with Gasteiger partial charge in [0.05, 0.1) is 6.10 Å². The Labute approximate surface area is 126 Å². The van der Waals surface area contributed by atoms with Crippen molar-refractivity contribution in [2.24, 2.45) is 5.92 Å². The second kappa shape index (κ2) is 7.30. The topological polar surface area (TPSA) is 35.5 Å². The van der Waals surface area contributed by atoms with Gasteiger partial charge in [0.1, 0.15) is 0 Å². The third kappa shape index (κ3) is 4.37. The predicted molar refractivity (Wildman–Crippen MR) is 85.5 cm³/mol. The van der Waals surface area contributed by atoms with Crippen molar-refractivity contribution in [3.8, 4) is 0 Å². The minimum Gasteiger partial charge on any atom is -0.393 e. The van der Waals surface area contributed by atoms with Crippen molar-refractivity contribution in [1.82, 2.24) is 5.32 Å². The molecule has 0 spiro atoms. The lowest BCUT2D eigenvalue weighted by atomic mass is 10.0. The number of nitrogens with zero attached hydrogens (tertiary/aromatic N) is 1. The Hall–Kier alpha value is -0.770. The Morgan fingerprint density at radius 2 is 2.05 bits per heavy atom. The van der Waals surface area contributed by atoms with Crippen LogP contribution in [0, 0.1) is 5.92 Å². The van der Waals surface area contributed by atoms with Crippen LogP contribution in [0.4, 0.5) is 5.69 Å². The van der Waals surface area contributed by atoms with Crippen molar-refractivity contribution in [3.63, 3.8) is 0 Å². The Morgan fingerprint density at radius 1 is 1.35 bits per heavy atom. The van der Waals surface area contributed by atoms with Crippen LogP contribution in [-0.2, 0) is 6.54 Å². The number of aliphatic hydroxyl groups excluding tert-OH is 1. The summed E-state index contributed by atoms with van der Waals surface area (Å²) in [4.78, 5) is 2.36. The van der Waals surface area contributed by atoms with Gasteiger partial charge in [-0.2, -0.15) is 0 Å². The van der Waals surface area contributed by atoms with Crippen LogP contribution in [0.5, 0.6) is 0 Å². The number of rotatable bonds is 5. The molecule has 0 amide bonds. The van der Waals surface area contributed by atoms with Gasteiger partial charge in [0.2, 0.25) is 0 Å². The third-order valence-corrected chi connectivity index (χ3v) is 3.95. The molecule has 0 unspecified atom stereocenters. The van der Waals surface area contributed by atoms with Gasteiger partial charge in [0, 0.05) is 30.3 Å². The maximum atomic E-state index is 9.63. The molecule has 0 aromatic heterocycles. The molecule has 112 valence electrons. The van der Waals surface area contributed by atoms with Crippen molar-refractivity contribution in [3.05, 3.63) is 28.8 Å². The molecule has 0 aliphatic carbocycles. The predicted octanol–water partition coefficient (Wildman–Crippen LogP) is 3.05. The first-order chi connectivity index (χ1) is 9.56. The molecule has 1 aromatic carbocycles. The first-order valence-electron chi connectivity index (χ1n) is 7.48. The zero-order valence-corrected chi connectivity index (χ0v) is 13.2. The first kappa shape index (κ1) is 15.6. The fraction of sp³-hybridized carbons (Fsp3) is 0.625. The molecule has 0 radical (unpaired) electrons. The largest absolute Gasteiger partial charge is 0.393 e. The van der Waals surface area contributed by atoms with Crippen LogP contribution in [0.1, 0.15) is 32.3 Å². The SMILES string of the molecule is CC(C)CNCc1cc(Cl)ccc1N1CCC(O)CC1. The molecule has 2 rings (SSSR count). The molecule has 1 saturated heterocycles. The van der Waals surface area contributed by atoms with E-state index in [1.54, 1.807) is 0 Å². The van der Waals surface area contributed by atoms with E-state index in [1.165, 1.54) is 11.3 Å². The number of hydrogen-bond donors (Lipinski definition) is 2. The van der Waals surface area contributed by atoms with Gasteiger partial charge in [-0.3, -0.25) is 0 Å². The number of piperidine rings is 1. The maximum absolute atomic E-state index is 9.63. The van der Waals surface area contributed by atoms with Crippen molar-refractivity contribution in [1.29, 1.82) is 0 Å². The van der Waals surface area contributed by atoms with Gasteiger partial charge in [-0.25, -0.2) is 0 Å².